The number of nitriles is 1. The lowest BCUT2D eigenvalue weighted by atomic mass is 10.2. The molecule has 0 saturated carbocycles. The third-order valence-corrected chi connectivity index (χ3v) is 2.04. The van der Waals surface area contributed by atoms with E-state index in [9.17, 15) is 4.39 Å². The van der Waals surface area contributed by atoms with Crippen molar-refractivity contribution in [1.29, 1.82) is 5.26 Å². The maximum atomic E-state index is 12.9. The number of nitrogens with two attached hydrogens (primary N) is 1. The third-order valence-electron chi connectivity index (χ3n) is 1.26. The average Bonchev–Trinajstić information content (AvgIpc) is 2.09. The summed E-state index contributed by atoms with van der Waals surface area (Å²) in [6.45, 7) is 0. The number of halogens is 2. The molecule has 0 radical (unpaired) electrons. The van der Waals surface area contributed by atoms with Gasteiger partial charge in [0.2, 0.25) is 0 Å². The Kier molecular flexibility index (Phi) is 2.93. The summed E-state index contributed by atoms with van der Waals surface area (Å²) < 4.78 is 12.9. The second kappa shape index (κ2) is 3.76. The van der Waals surface area contributed by atoms with E-state index in [1.54, 1.807) is 6.07 Å². The van der Waals surface area contributed by atoms with Gasteiger partial charge in [-0.2, -0.15) is 5.26 Å². The van der Waals surface area contributed by atoms with Crippen LogP contribution in [0.3, 0.4) is 0 Å². The van der Waals surface area contributed by atoms with Crippen LogP contribution in [0.5, 0.6) is 0 Å². The molecule has 2 nitrogen and oxygen atoms in total. The first kappa shape index (κ1) is 9.33. The molecule has 2 N–H and O–H groups in total. The molecule has 0 aliphatic carbocycles. The predicted molar refractivity (Wildman–Crippen MR) is 46.2 cm³/mol. The maximum Gasteiger partial charge on any atom is 0.159 e. The van der Waals surface area contributed by atoms with Crippen LogP contribution in [0.1, 0.15) is 5.56 Å². The minimum atomic E-state index is -0.697. The molecule has 0 fully saturated rings. The second-order valence-corrected chi connectivity index (χ2v) is 3.11. The smallest absolute Gasteiger partial charge is 0.159 e. The molecule has 0 heterocycles. The lowest BCUT2D eigenvalue weighted by molar-refractivity contribution is 0.623. The molecular formula is C7H4ClFN2S. The number of nitrogens with zero attached hydrogens (tertiary/aromatic N) is 1. The van der Waals surface area contributed by atoms with Gasteiger partial charge in [0, 0.05) is 4.90 Å². The van der Waals surface area contributed by atoms with Crippen LogP contribution in [0, 0.1) is 17.1 Å². The van der Waals surface area contributed by atoms with Crippen molar-refractivity contribution < 1.29 is 4.39 Å². The van der Waals surface area contributed by atoms with Gasteiger partial charge in [0.15, 0.2) is 5.82 Å². The Morgan fingerprint density at radius 1 is 1.58 bits per heavy atom. The standard InChI is InChI=1S/C7H4ClFN2S/c8-6-2-5(12-11)1-4(3-10)7(6)9/h1-2H,11H2. The van der Waals surface area contributed by atoms with Crippen molar-refractivity contribution in [2.75, 3.05) is 0 Å². The Balaban J connectivity index is 3.31. The first-order valence-electron chi connectivity index (χ1n) is 2.95. The summed E-state index contributed by atoms with van der Waals surface area (Å²) in [4.78, 5) is 0.568. The highest BCUT2D eigenvalue weighted by Crippen LogP contribution is 2.24. The Morgan fingerprint density at radius 3 is 2.75 bits per heavy atom. The van der Waals surface area contributed by atoms with Gasteiger partial charge in [0.25, 0.3) is 0 Å². The van der Waals surface area contributed by atoms with E-state index in [0.717, 1.165) is 11.9 Å². The van der Waals surface area contributed by atoms with Crippen molar-refractivity contribution in [3.8, 4) is 6.07 Å². The van der Waals surface area contributed by atoms with E-state index in [-0.39, 0.29) is 10.6 Å². The van der Waals surface area contributed by atoms with Gasteiger partial charge < -0.3 is 0 Å². The van der Waals surface area contributed by atoms with E-state index in [2.05, 4.69) is 0 Å². The van der Waals surface area contributed by atoms with Crippen molar-refractivity contribution in [2.24, 2.45) is 5.14 Å². The topological polar surface area (TPSA) is 49.8 Å². The molecule has 0 bridgehead atoms. The van der Waals surface area contributed by atoms with Crippen LogP contribution >= 0.6 is 23.5 Å². The van der Waals surface area contributed by atoms with Crippen LogP contribution in [0.2, 0.25) is 5.02 Å². The third kappa shape index (κ3) is 1.69. The Morgan fingerprint density at radius 2 is 2.25 bits per heavy atom. The van der Waals surface area contributed by atoms with Crippen LogP contribution in [-0.2, 0) is 0 Å². The van der Waals surface area contributed by atoms with E-state index in [0.29, 0.717) is 4.90 Å². The molecule has 0 aliphatic heterocycles. The van der Waals surface area contributed by atoms with Gasteiger partial charge in [0.05, 0.1) is 10.6 Å². The molecule has 12 heavy (non-hydrogen) atoms. The lowest BCUT2D eigenvalue weighted by Gasteiger charge is -1.99. The van der Waals surface area contributed by atoms with E-state index in [1.165, 1.54) is 12.1 Å². The van der Waals surface area contributed by atoms with Crippen LogP contribution in [0.4, 0.5) is 4.39 Å². The Labute approximate surface area is 78.3 Å². The predicted octanol–water partition coefficient (Wildman–Crippen LogP) is 2.32. The molecule has 5 heteroatoms. The summed E-state index contributed by atoms with van der Waals surface area (Å²) in [5.41, 5.74) is -0.0875. The first-order chi connectivity index (χ1) is 5.69. The molecule has 0 amide bonds. The molecule has 0 saturated heterocycles. The molecule has 1 aromatic rings. The monoisotopic (exact) mass is 202 g/mol. The number of benzene rings is 1. The normalized spacial score (nSPS) is 9.50. The Bertz CT molecular complexity index is 348. The molecule has 0 aromatic heterocycles. The van der Waals surface area contributed by atoms with Crippen molar-refractivity contribution in [3.05, 3.63) is 28.5 Å². The second-order valence-electron chi connectivity index (χ2n) is 2.00. The zero-order valence-corrected chi connectivity index (χ0v) is 7.42. The van der Waals surface area contributed by atoms with Crippen molar-refractivity contribution >= 4 is 23.5 Å². The van der Waals surface area contributed by atoms with Gasteiger partial charge in [-0.05, 0) is 24.1 Å². The average molecular weight is 203 g/mol. The summed E-state index contributed by atoms with van der Waals surface area (Å²) in [6.07, 6.45) is 0. The minimum absolute atomic E-state index is 0.0815. The van der Waals surface area contributed by atoms with E-state index >= 15 is 0 Å². The lowest BCUT2D eigenvalue weighted by Crippen LogP contribution is -1.88. The van der Waals surface area contributed by atoms with Gasteiger partial charge >= 0.3 is 0 Å². The molecule has 0 aliphatic rings. The van der Waals surface area contributed by atoms with Crippen molar-refractivity contribution in [1.82, 2.24) is 0 Å². The summed E-state index contributed by atoms with van der Waals surface area (Å²) >= 11 is 6.40. The zero-order valence-electron chi connectivity index (χ0n) is 5.84. The summed E-state index contributed by atoms with van der Waals surface area (Å²) in [7, 11) is 0. The molecule has 0 atom stereocenters. The summed E-state index contributed by atoms with van der Waals surface area (Å²) in [6, 6.07) is 4.41. The largest absolute Gasteiger partial charge is 0.274 e. The molecule has 0 spiro atoms. The molecule has 0 unspecified atom stereocenters. The van der Waals surface area contributed by atoms with Gasteiger partial charge in [0.1, 0.15) is 6.07 Å². The summed E-state index contributed by atoms with van der Waals surface area (Å²) in [5, 5.41) is 13.6. The van der Waals surface area contributed by atoms with Gasteiger partial charge in [-0.15, -0.1) is 0 Å². The number of hydrogen-bond donors (Lipinski definition) is 1. The van der Waals surface area contributed by atoms with Gasteiger partial charge in [-0.25, -0.2) is 4.39 Å². The fourth-order valence-corrected chi connectivity index (χ4v) is 1.37. The van der Waals surface area contributed by atoms with E-state index in [4.69, 9.17) is 22.0 Å². The van der Waals surface area contributed by atoms with Crippen LogP contribution in [0.15, 0.2) is 17.0 Å². The molecule has 1 rings (SSSR count). The zero-order chi connectivity index (χ0) is 9.14. The summed E-state index contributed by atoms with van der Waals surface area (Å²) in [5.74, 6) is -0.697. The SMILES string of the molecule is N#Cc1cc(SN)cc(Cl)c1F. The van der Waals surface area contributed by atoms with E-state index in [1.807, 2.05) is 0 Å². The first-order valence-corrected chi connectivity index (χ1v) is 4.20. The highest BCUT2D eigenvalue weighted by Gasteiger charge is 2.08. The van der Waals surface area contributed by atoms with Crippen LogP contribution in [0.25, 0.3) is 0 Å². The minimum Gasteiger partial charge on any atom is -0.274 e. The van der Waals surface area contributed by atoms with Crippen molar-refractivity contribution in [3.63, 3.8) is 0 Å². The molecule has 62 valence electrons. The quantitative estimate of drug-likeness (QED) is 0.711. The molecule has 1 aromatic carbocycles. The highest BCUT2D eigenvalue weighted by molar-refractivity contribution is 7.97. The highest BCUT2D eigenvalue weighted by atomic mass is 35.5. The fourth-order valence-electron chi connectivity index (χ4n) is 0.714. The maximum absolute atomic E-state index is 12.9. The van der Waals surface area contributed by atoms with E-state index < -0.39 is 5.82 Å². The number of hydrogen-bond acceptors (Lipinski definition) is 3. The van der Waals surface area contributed by atoms with Crippen LogP contribution in [-0.4, -0.2) is 0 Å². The molecular weight excluding hydrogens is 199 g/mol. The van der Waals surface area contributed by atoms with Gasteiger partial charge in [-0.3, -0.25) is 5.14 Å². The van der Waals surface area contributed by atoms with Crippen molar-refractivity contribution in [2.45, 2.75) is 4.90 Å². The Hall–Kier alpha value is -0.760. The van der Waals surface area contributed by atoms with Gasteiger partial charge in [-0.1, -0.05) is 11.6 Å². The fraction of sp³-hybridized carbons (Fsp3) is 0. The van der Waals surface area contributed by atoms with Crippen LogP contribution < -0.4 is 5.14 Å². The number of rotatable bonds is 1.